The van der Waals surface area contributed by atoms with Crippen LogP contribution in [0.5, 0.6) is 0 Å². The lowest BCUT2D eigenvalue weighted by Crippen LogP contribution is -2.37. The lowest BCUT2D eigenvalue weighted by atomic mass is 10.1. The molecule has 2 aromatic rings. The molecule has 0 aliphatic carbocycles. The maximum absolute atomic E-state index is 12.6. The van der Waals surface area contributed by atoms with Gasteiger partial charge in [-0.1, -0.05) is 18.2 Å². The molecule has 8 nitrogen and oxygen atoms in total. The van der Waals surface area contributed by atoms with Gasteiger partial charge in [0.15, 0.2) is 9.84 Å². The van der Waals surface area contributed by atoms with E-state index in [1.54, 1.807) is 59.9 Å². The molecule has 2 aliphatic rings. The maximum Gasteiger partial charge on any atom is 0.276 e. The summed E-state index contributed by atoms with van der Waals surface area (Å²) in [5, 5.41) is 11.9. The van der Waals surface area contributed by atoms with Crippen LogP contribution in [0.3, 0.4) is 0 Å². The van der Waals surface area contributed by atoms with Gasteiger partial charge in [-0.25, -0.2) is 18.4 Å². The number of amides is 1. The number of rotatable bonds is 4. The highest BCUT2D eigenvalue weighted by Gasteiger charge is 2.31. The second-order valence-corrected chi connectivity index (χ2v) is 8.31. The van der Waals surface area contributed by atoms with Crippen LogP contribution in [0.1, 0.15) is 5.56 Å². The van der Waals surface area contributed by atoms with Crippen molar-refractivity contribution < 1.29 is 13.2 Å². The van der Waals surface area contributed by atoms with Crippen LogP contribution in [-0.4, -0.2) is 42.5 Å². The molecule has 1 aromatic carbocycles. The zero-order valence-electron chi connectivity index (χ0n) is 14.9. The number of benzene rings is 1. The Morgan fingerprint density at radius 3 is 2.82 bits per heavy atom. The number of carbonyl (C=O) groups is 1. The van der Waals surface area contributed by atoms with Crippen molar-refractivity contribution in [3.05, 3.63) is 78.3 Å². The number of fused-ring (bicyclic) bond motifs is 1. The summed E-state index contributed by atoms with van der Waals surface area (Å²) in [5.74, 6) is 0.0893. The summed E-state index contributed by atoms with van der Waals surface area (Å²) in [7, 11) is -3.33. The summed E-state index contributed by atoms with van der Waals surface area (Å²) < 4.78 is 23.6. The summed E-state index contributed by atoms with van der Waals surface area (Å²) in [4.78, 5) is 16.9. The molecule has 4 rings (SSSR count). The molecular weight excluding hydrogens is 378 g/mol. The van der Waals surface area contributed by atoms with Crippen LogP contribution in [0.2, 0.25) is 0 Å². The lowest BCUT2D eigenvalue weighted by molar-refractivity contribution is -0.114. The molecule has 0 saturated carbocycles. The molecule has 1 amide bonds. The van der Waals surface area contributed by atoms with Crippen molar-refractivity contribution >= 4 is 27.3 Å². The fraction of sp³-hybridized carbons (Fsp3) is 0.105. The number of pyridine rings is 1. The molecule has 0 radical (unpaired) electrons. The highest BCUT2D eigenvalue weighted by molar-refractivity contribution is 7.90. The number of nitrogens with zero attached hydrogens (tertiary/aromatic N) is 3. The highest BCUT2D eigenvalue weighted by Crippen LogP contribution is 2.23. The van der Waals surface area contributed by atoms with Gasteiger partial charge in [0.2, 0.25) is 0 Å². The summed E-state index contributed by atoms with van der Waals surface area (Å²) in [5.41, 5.74) is 1.53. The minimum Gasteiger partial charge on any atom is -0.365 e. The first kappa shape index (κ1) is 17.9. The highest BCUT2D eigenvalue weighted by atomic mass is 32.2. The van der Waals surface area contributed by atoms with Gasteiger partial charge in [-0.05, 0) is 36.4 Å². The number of anilines is 1. The Kier molecular flexibility index (Phi) is 4.44. The number of hydrogen-bond acceptors (Lipinski definition) is 7. The summed E-state index contributed by atoms with van der Waals surface area (Å²) >= 11 is 0. The van der Waals surface area contributed by atoms with Crippen molar-refractivity contribution in [3.8, 4) is 0 Å². The Hall–Kier alpha value is -3.46. The Labute approximate surface area is 162 Å². The standard InChI is InChI=1S/C19H17N5O3S/c1-28(26,27)14-6-4-5-13(11-14)15-8-9-18-21-12-16(24(18)23-15)19(25)22-17-7-2-3-10-20-17/h2-12,18,21H,1H3,(H,20,22,25). The van der Waals surface area contributed by atoms with Crippen molar-refractivity contribution in [1.29, 1.82) is 0 Å². The second-order valence-electron chi connectivity index (χ2n) is 6.30. The zero-order valence-corrected chi connectivity index (χ0v) is 15.7. The predicted molar refractivity (Wildman–Crippen MR) is 105 cm³/mol. The largest absolute Gasteiger partial charge is 0.365 e. The maximum atomic E-state index is 12.6. The van der Waals surface area contributed by atoms with E-state index >= 15 is 0 Å². The molecule has 0 spiro atoms. The molecular formula is C19H17N5O3S. The number of sulfone groups is 1. The van der Waals surface area contributed by atoms with Gasteiger partial charge in [0, 0.05) is 24.2 Å². The van der Waals surface area contributed by atoms with Crippen LogP contribution >= 0.6 is 0 Å². The van der Waals surface area contributed by atoms with E-state index in [1.807, 2.05) is 6.08 Å². The number of allylic oxidation sites excluding steroid dienone is 1. The van der Waals surface area contributed by atoms with E-state index in [2.05, 4.69) is 20.7 Å². The minimum atomic E-state index is -3.33. The van der Waals surface area contributed by atoms with Gasteiger partial charge in [0.25, 0.3) is 5.91 Å². The second kappa shape index (κ2) is 6.93. The minimum absolute atomic E-state index is 0.214. The van der Waals surface area contributed by atoms with Gasteiger partial charge in [-0.3, -0.25) is 4.79 Å². The molecule has 1 unspecified atom stereocenters. The zero-order chi connectivity index (χ0) is 19.7. The number of nitrogens with one attached hydrogen (secondary N) is 2. The van der Waals surface area contributed by atoms with Gasteiger partial charge in [0.05, 0.1) is 10.6 Å². The first-order valence-electron chi connectivity index (χ1n) is 8.47. The normalized spacial score (nSPS) is 18.0. The Bertz CT molecular complexity index is 1120. The third-order valence-electron chi connectivity index (χ3n) is 4.25. The first-order valence-corrected chi connectivity index (χ1v) is 10.4. The molecule has 3 heterocycles. The van der Waals surface area contributed by atoms with Crippen molar-refractivity contribution in [3.63, 3.8) is 0 Å². The van der Waals surface area contributed by atoms with Gasteiger partial charge in [-0.15, -0.1) is 0 Å². The van der Waals surface area contributed by atoms with E-state index in [-0.39, 0.29) is 17.0 Å². The Balaban J connectivity index is 1.60. The molecule has 2 N–H and O–H groups in total. The molecule has 1 atom stereocenters. The Morgan fingerprint density at radius 2 is 2.07 bits per heavy atom. The lowest BCUT2D eigenvalue weighted by Gasteiger charge is -2.25. The van der Waals surface area contributed by atoms with Crippen LogP contribution in [0.15, 0.2) is 82.7 Å². The quantitative estimate of drug-likeness (QED) is 0.813. The van der Waals surface area contributed by atoms with E-state index in [0.29, 0.717) is 22.8 Å². The van der Waals surface area contributed by atoms with Crippen LogP contribution in [0.25, 0.3) is 0 Å². The van der Waals surface area contributed by atoms with Gasteiger partial charge < -0.3 is 10.6 Å². The first-order chi connectivity index (χ1) is 13.4. The molecule has 1 aromatic heterocycles. The van der Waals surface area contributed by atoms with Crippen molar-refractivity contribution in [2.75, 3.05) is 11.6 Å². The predicted octanol–water partition coefficient (Wildman–Crippen LogP) is 1.47. The summed E-state index contributed by atoms with van der Waals surface area (Å²) in [6.45, 7) is 0. The smallest absolute Gasteiger partial charge is 0.276 e. The van der Waals surface area contributed by atoms with Crippen molar-refractivity contribution in [1.82, 2.24) is 15.3 Å². The van der Waals surface area contributed by atoms with Crippen molar-refractivity contribution in [2.24, 2.45) is 5.10 Å². The molecule has 142 valence electrons. The summed E-state index contributed by atoms with van der Waals surface area (Å²) in [6.07, 6.45) is 7.71. The third-order valence-corrected chi connectivity index (χ3v) is 5.36. The fourth-order valence-electron chi connectivity index (χ4n) is 2.86. The SMILES string of the molecule is CS(=O)(=O)c1cccc(C2=NN3C(C(=O)Nc4ccccn4)=CNC3C=C2)c1. The fourth-order valence-corrected chi connectivity index (χ4v) is 3.53. The average Bonchev–Trinajstić information content (AvgIpc) is 3.11. The van der Waals surface area contributed by atoms with Crippen LogP contribution < -0.4 is 10.6 Å². The van der Waals surface area contributed by atoms with Gasteiger partial charge in [-0.2, -0.15) is 5.10 Å². The van der Waals surface area contributed by atoms with Crippen LogP contribution in [0.4, 0.5) is 5.82 Å². The number of carbonyl (C=O) groups excluding carboxylic acids is 1. The van der Waals surface area contributed by atoms with E-state index in [0.717, 1.165) is 6.26 Å². The monoisotopic (exact) mass is 395 g/mol. The van der Waals surface area contributed by atoms with E-state index in [1.165, 1.54) is 6.07 Å². The van der Waals surface area contributed by atoms with E-state index < -0.39 is 9.84 Å². The summed E-state index contributed by atoms with van der Waals surface area (Å²) in [6, 6.07) is 11.8. The average molecular weight is 395 g/mol. The molecule has 9 heteroatoms. The molecule has 0 saturated heterocycles. The number of aromatic nitrogens is 1. The van der Waals surface area contributed by atoms with Crippen molar-refractivity contribution in [2.45, 2.75) is 11.1 Å². The van der Waals surface area contributed by atoms with Crippen LogP contribution in [0, 0.1) is 0 Å². The van der Waals surface area contributed by atoms with E-state index in [9.17, 15) is 13.2 Å². The van der Waals surface area contributed by atoms with Crippen LogP contribution in [-0.2, 0) is 14.6 Å². The molecule has 0 bridgehead atoms. The Morgan fingerprint density at radius 1 is 1.21 bits per heavy atom. The van der Waals surface area contributed by atoms with E-state index in [4.69, 9.17) is 0 Å². The van der Waals surface area contributed by atoms with Gasteiger partial charge >= 0.3 is 0 Å². The number of hydrogen-bond donors (Lipinski definition) is 2. The molecule has 28 heavy (non-hydrogen) atoms. The number of hydrazone groups is 1. The third kappa shape index (κ3) is 3.52. The topological polar surface area (TPSA) is 104 Å². The molecule has 0 fully saturated rings. The molecule has 2 aliphatic heterocycles. The van der Waals surface area contributed by atoms with Gasteiger partial charge in [0.1, 0.15) is 17.7 Å².